The number of nitrogens with two attached hydrogens (primary N) is 1. The molecule has 0 fully saturated rings. The first-order chi connectivity index (χ1) is 9.22. The Balaban J connectivity index is 2.12. The monoisotopic (exact) mass is 293 g/mol. The average molecular weight is 294 g/mol. The third-order valence-electron chi connectivity index (χ3n) is 2.67. The van der Waals surface area contributed by atoms with E-state index in [4.69, 9.17) is 22.1 Å². The zero-order valence-electron chi connectivity index (χ0n) is 10.7. The average Bonchev–Trinajstić information content (AvgIpc) is 2.42. The largest absolute Gasteiger partial charge is 0.492 e. The number of rotatable bonds is 5. The highest BCUT2D eigenvalue weighted by atomic mass is 35.5. The molecule has 0 saturated carbocycles. The van der Waals surface area contributed by atoms with Gasteiger partial charge in [0.2, 0.25) is 0 Å². The molecule has 19 heavy (non-hydrogen) atoms. The van der Waals surface area contributed by atoms with Crippen LogP contribution in [0.3, 0.4) is 0 Å². The number of ether oxygens (including phenoxy) is 1. The lowest BCUT2D eigenvalue weighted by Crippen LogP contribution is -1.98. The molecule has 0 heterocycles. The summed E-state index contributed by atoms with van der Waals surface area (Å²) >= 11 is 7.81. The highest BCUT2D eigenvalue weighted by molar-refractivity contribution is 7.98. The third-order valence-corrected chi connectivity index (χ3v) is 4.16. The summed E-state index contributed by atoms with van der Waals surface area (Å²) in [7, 11) is 0. The highest BCUT2D eigenvalue weighted by Gasteiger charge is 2.07. The smallest absolute Gasteiger partial charge is 0.143 e. The van der Waals surface area contributed by atoms with Crippen molar-refractivity contribution in [1.29, 1.82) is 0 Å². The van der Waals surface area contributed by atoms with E-state index < -0.39 is 0 Å². The van der Waals surface area contributed by atoms with Crippen LogP contribution in [0.2, 0.25) is 5.02 Å². The van der Waals surface area contributed by atoms with Crippen LogP contribution in [0.1, 0.15) is 12.5 Å². The number of para-hydroxylation sites is 1. The Morgan fingerprint density at radius 1 is 1.16 bits per heavy atom. The van der Waals surface area contributed by atoms with Gasteiger partial charge in [0, 0.05) is 15.7 Å². The molecule has 0 aliphatic heterocycles. The van der Waals surface area contributed by atoms with Crippen molar-refractivity contribution in [3.8, 4) is 5.75 Å². The van der Waals surface area contributed by atoms with E-state index in [1.54, 1.807) is 11.8 Å². The minimum Gasteiger partial charge on any atom is -0.492 e. The van der Waals surface area contributed by atoms with Gasteiger partial charge in [-0.1, -0.05) is 35.9 Å². The van der Waals surface area contributed by atoms with Gasteiger partial charge in [0.25, 0.3) is 0 Å². The molecule has 2 N–H and O–H groups in total. The molecule has 0 saturated heterocycles. The zero-order chi connectivity index (χ0) is 13.7. The van der Waals surface area contributed by atoms with E-state index in [0.29, 0.717) is 12.3 Å². The number of halogens is 1. The van der Waals surface area contributed by atoms with Gasteiger partial charge in [-0.3, -0.25) is 0 Å². The third kappa shape index (κ3) is 3.58. The molecule has 0 amide bonds. The number of hydrogen-bond donors (Lipinski definition) is 1. The molecule has 0 spiro atoms. The molecule has 2 aromatic rings. The summed E-state index contributed by atoms with van der Waals surface area (Å²) in [6.45, 7) is 2.56. The minimum absolute atomic E-state index is 0.614. The number of nitrogen functional groups attached to an aromatic ring is 1. The van der Waals surface area contributed by atoms with Crippen LogP contribution in [-0.4, -0.2) is 6.61 Å². The molecule has 2 rings (SSSR count). The van der Waals surface area contributed by atoms with Gasteiger partial charge in [-0.15, -0.1) is 11.8 Å². The normalized spacial score (nSPS) is 10.4. The second kappa shape index (κ2) is 6.73. The van der Waals surface area contributed by atoms with Crippen LogP contribution in [0.4, 0.5) is 5.69 Å². The predicted octanol–water partition coefficient (Wildman–Crippen LogP) is 4.61. The van der Waals surface area contributed by atoms with Crippen molar-refractivity contribution in [3.63, 3.8) is 0 Å². The second-order valence-corrected chi connectivity index (χ2v) is 5.41. The Bertz CT molecular complexity index is 560. The lowest BCUT2D eigenvalue weighted by atomic mass is 10.2. The van der Waals surface area contributed by atoms with Gasteiger partial charge < -0.3 is 10.5 Å². The molecule has 0 radical (unpaired) electrons. The summed E-state index contributed by atoms with van der Waals surface area (Å²) in [4.78, 5) is 1.02. The minimum atomic E-state index is 0.614. The van der Waals surface area contributed by atoms with Crippen LogP contribution in [0, 0.1) is 0 Å². The Kier molecular flexibility index (Phi) is 5.00. The number of thioether (sulfide) groups is 1. The SMILES string of the molecule is CCOc1cccc(SCc2ccccc2Cl)c1N. The Hall–Kier alpha value is -1.32. The Labute approximate surface area is 122 Å². The van der Waals surface area contributed by atoms with Crippen LogP contribution in [-0.2, 0) is 5.75 Å². The standard InChI is InChI=1S/C15H16ClNOS/c1-2-18-13-8-5-9-14(15(13)17)19-10-11-6-3-4-7-12(11)16/h3-9H,2,10,17H2,1H3. The first-order valence-electron chi connectivity index (χ1n) is 6.10. The molecule has 0 unspecified atom stereocenters. The molecule has 2 aromatic carbocycles. The molecule has 0 aromatic heterocycles. The molecule has 2 nitrogen and oxygen atoms in total. The highest BCUT2D eigenvalue weighted by Crippen LogP contribution is 2.35. The Morgan fingerprint density at radius 3 is 2.68 bits per heavy atom. The topological polar surface area (TPSA) is 35.2 Å². The van der Waals surface area contributed by atoms with Gasteiger partial charge in [-0.2, -0.15) is 0 Å². The summed E-state index contributed by atoms with van der Waals surface area (Å²) in [6, 6.07) is 13.7. The van der Waals surface area contributed by atoms with Gasteiger partial charge in [-0.25, -0.2) is 0 Å². The number of benzene rings is 2. The Morgan fingerprint density at radius 2 is 1.95 bits per heavy atom. The van der Waals surface area contributed by atoms with Crippen LogP contribution >= 0.6 is 23.4 Å². The lowest BCUT2D eigenvalue weighted by Gasteiger charge is -2.11. The molecule has 0 aliphatic rings. The van der Waals surface area contributed by atoms with Crippen molar-refractivity contribution >= 4 is 29.1 Å². The molecule has 4 heteroatoms. The van der Waals surface area contributed by atoms with Gasteiger partial charge in [0.1, 0.15) is 5.75 Å². The summed E-state index contributed by atoms with van der Waals surface area (Å²) in [5.74, 6) is 1.53. The van der Waals surface area contributed by atoms with E-state index >= 15 is 0 Å². The van der Waals surface area contributed by atoms with Gasteiger partial charge in [0.05, 0.1) is 12.3 Å². The molecular weight excluding hydrogens is 278 g/mol. The summed E-state index contributed by atoms with van der Waals surface area (Å²) < 4.78 is 5.49. The van der Waals surface area contributed by atoms with Gasteiger partial charge in [0.15, 0.2) is 0 Å². The van der Waals surface area contributed by atoms with Crippen molar-refractivity contribution in [2.75, 3.05) is 12.3 Å². The maximum Gasteiger partial charge on any atom is 0.143 e. The van der Waals surface area contributed by atoms with Crippen LogP contribution in [0.25, 0.3) is 0 Å². The van der Waals surface area contributed by atoms with Crippen molar-refractivity contribution < 1.29 is 4.74 Å². The number of anilines is 1. The first kappa shape index (κ1) is 14.1. The van der Waals surface area contributed by atoms with E-state index in [1.165, 1.54) is 0 Å². The van der Waals surface area contributed by atoms with E-state index in [2.05, 4.69) is 0 Å². The lowest BCUT2D eigenvalue weighted by molar-refractivity contribution is 0.341. The van der Waals surface area contributed by atoms with E-state index in [1.807, 2.05) is 49.4 Å². The molecule has 0 atom stereocenters. The fourth-order valence-corrected chi connectivity index (χ4v) is 2.98. The van der Waals surface area contributed by atoms with Crippen LogP contribution in [0.15, 0.2) is 47.4 Å². The van der Waals surface area contributed by atoms with Crippen molar-refractivity contribution in [3.05, 3.63) is 53.1 Å². The predicted molar refractivity (Wildman–Crippen MR) is 83.0 cm³/mol. The van der Waals surface area contributed by atoms with Crippen molar-refractivity contribution in [2.24, 2.45) is 0 Å². The fourth-order valence-electron chi connectivity index (χ4n) is 1.70. The quantitative estimate of drug-likeness (QED) is 0.646. The van der Waals surface area contributed by atoms with E-state index in [-0.39, 0.29) is 0 Å². The van der Waals surface area contributed by atoms with Crippen molar-refractivity contribution in [1.82, 2.24) is 0 Å². The number of hydrogen-bond acceptors (Lipinski definition) is 3. The second-order valence-electron chi connectivity index (χ2n) is 3.98. The first-order valence-corrected chi connectivity index (χ1v) is 7.46. The van der Waals surface area contributed by atoms with Crippen LogP contribution in [0.5, 0.6) is 5.75 Å². The maximum absolute atomic E-state index is 6.14. The van der Waals surface area contributed by atoms with Gasteiger partial charge in [-0.05, 0) is 30.7 Å². The van der Waals surface area contributed by atoms with Gasteiger partial charge >= 0.3 is 0 Å². The summed E-state index contributed by atoms with van der Waals surface area (Å²) in [6.07, 6.45) is 0. The molecule has 0 bridgehead atoms. The molecule has 100 valence electrons. The molecular formula is C15H16ClNOS. The van der Waals surface area contributed by atoms with Crippen LogP contribution < -0.4 is 10.5 Å². The van der Waals surface area contributed by atoms with E-state index in [9.17, 15) is 0 Å². The fraction of sp³-hybridized carbons (Fsp3) is 0.200. The van der Waals surface area contributed by atoms with Crippen molar-refractivity contribution in [2.45, 2.75) is 17.6 Å². The zero-order valence-corrected chi connectivity index (χ0v) is 12.3. The van der Waals surface area contributed by atoms with E-state index in [0.717, 1.165) is 27.0 Å². The summed E-state index contributed by atoms with van der Waals surface area (Å²) in [5.41, 5.74) is 7.90. The molecule has 0 aliphatic carbocycles. The maximum atomic E-state index is 6.14. The summed E-state index contributed by atoms with van der Waals surface area (Å²) in [5, 5.41) is 0.787.